The maximum Gasteiger partial charge on any atom is 0.243 e. The van der Waals surface area contributed by atoms with Crippen LogP contribution in [0.2, 0.25) is 0 Å². The second-order valence-electron chi connectivity index (χ2n) is 29.8. The number of unbranched alkanes of at least 4 members (excludes halogenated alkanes) is 3. The van der Waals surface area contributed by atoms with Crippen molar-refractivity contribution in [3.63, 3.8) is 0 Å². The van der Waals surface area contributed by atoms with Crippen LogP contribution in [0, 0.1) is 0 Å². The molecule has 0 bridgehead atoms. The van der Waals surface area contributed by atoms with Gasteiger partial charge in [0.2, 0.25) is 70.9 Å². The second kappa shape index (κ2) is 50.1. The molecule has 0 aliphatic carbocycles. The number of nitrogens with zero attached hydrogens (tertiary/aromatic N) is 11. The number of nitrogens with two attached hydrogens (primary N) is 4. The van der Waals surface area contributed by atoms with Crippen molar-refractivity contribution < 1.29 is 57.5 Å². The van der Waals surface area contributed by atoms with Crippen LogP contribution in [0.4, 0.5) is 0 Å². The highest BCUT2D eigenvalue weighted by atomic mass is 16.2. The summed E-state index contributed by atoms with van der Waals surface area (Å²) in [6.07, 6.45) is 2.49. The molecule has 0 saturated carbocycles. The number of carbonyl (C=O) groups is 12. The van der Waals surface area contributed by atoms with Crippen LogP contribution in [0.1, 0.15) is 103 Å². The molecule has 1 atom stereocenters. The summed E-state index contributed by atoms with van der Waals surface area (Å²) in [4.78, 5) is 192. The smallest absolute Gasteiger partial charge is 0.243 e. The SMILES string of the molecule is CC(=O)N(CC(=O)N(CC(=O)N(CCCCN)CC(=O)N(CC(=O)N(CC(=O)N(CCCCN)CC(=O)N(CC(=O)N(CC(=O)N(CCCCN)CC(=O)N(CC(=O)N(CC(N)=O)Cc1ccccc1)Cc1ccccc1)[C@@H](C)c1ccccc1)Cc1ccccc1)Cc1ccccc1)Cc1ccccc1)Cc1ccccc1)Cc1ccccc1. The minimum absolute atomic E-state index is 0.00589. The summed E-state index contributed by atoms with van der Waals surface area (Å²) in [5.41, 5.74) is 29.2. The van der Waals surface area contributed by atoms with Crippen LogP contribution >= 0.6 is 0 Å². The molecule has 0 heterocycles. The summed E-state index contributed by atoms with van der Waals surface area (Å²) in [5, 5.41) is 0. The van der Waals surface area contributed by atoms with Gasteiger partial charge in [0, 0.05) is 72.4 Å². The monoisotopic (exact) mass is 1630 g/mol. The maximum absolute atomic E-state index is 15.6. The van der Waals surface area contributed by atoms with Crippen molar-refractivity contribution in [3.05, 3.63) is 287 Å². The minimum atomic E-state index is -0.809. The number of rotatable bonds is 50. The van der Waals surface area contributed by atoms with E-state index in [0.717, 1.165) is 16.7 Å². The van der Waals surface area contributed by atoms with Crippen molar-refractivity contribution in [2.75, 3.05) is 111 Å². The first-order valence-electron chi connectivity index (χ1n) is 40.8. The molecule has 8 rings (SSSR count). The van der Waals surface area contributed by atoms with Gasteiger partial charge in [0.1, 0.15) is 45.8 Å². The molecule has 0 radical (unpaired) electrons. The van der Waals surface area contributed by atoms with Gasteiger partial charge in [-0.3, -0.25) is 57.5 Å². The molecule has 8 N–H and O–H groups in total. The molecule has 8 aromatic carbocycles. The lowest BCUT2D eigenvalue weighted by atomic mass is 10.1. The zero-order chi connectivity index (χ0) is 86.0. The number of hydrogen-bond donors (Lipinski definition) is 4. The standard InChI is InChI=1S/C93H115N15O12/c1-73(82-47-25-10-26-48-82)108(72-92(119)100(54-32-29-51-96)65-87(114)105(59-79-41-19-7-20-42-79)69-90(117)102(62-83(97)110)56-76-35-13-4-14-36-76)93(120)71-107(61-81-45-23-9-24-46-81)88(115)64-99(53-31-28-50-95)85(112)68-104(58-78-39-17-6-18-40-78)91(118)70-106(60-80-43-21-8-22-44-80)86(113)63-98(52-30-27-49-94)84(111)67-103(57-77-37-15-5-16-38-77)89(116)66-101(74(2)109)55-75-33-11-3-12-34-75/h3-26,33-48,73H,27-32,49-72,94-96H2,1-2H3,(H2,97,110)/t73-/m0/s1. The first-order valence-corrected chi connectivity index (χ1v) is 40.8. The predicted octanol–water partition coefficient (Wildman–Crippen LogP) is 6.99. The van der Waals surface area contributed by atoms with Crippen LogP contribution in [-0.4, -0.2) is 236 Å². The van der Waals surface area contributed by atoms with Gasteiger partial charge in [-0.05, 0) is 110 Å². The Balaban J connectivity index is 1.06. The summed E-state index contributed by atoms with van der Waals surface area (Å²) < 4.78 is 0. The van der Waals surface area contributed by atoms with Crippen LogP contribution in [0.3, 0.4) is 0 Å². The number of carbonyl (C=O) groups excluding carboxylic acids is 12. The molecule has 0 fully saturated rings. The Labute approximate surface area is 704 Å². The highest BCUT2D eigenvalue weighted by molar-refractivity contribution is 5.95. The molecule has 0 spiro atoms. The molecule has 0 unspecified atom stereocenters. The minimum Gasteiger partial charge on any atom is -0.368 e. The number of amides is 12. The van der Waals surface area contributed by atoms with Gasteiger partial charge in [0.25, 0.3) is 0 Å². The first kappa shape index (κ1) is 92.8. The summed E-state index contributed by atoms with van der Waals surface area (Å²) in [6, 6.07) is 71.3. The van der Waals surface area contributed by atoms with Crippen molar-refractivity contribution >= 4 is 70.9 Å². The van der Waals surface area contributed by atoms with Crippen LogP contribution < -0.4 is 22.9 Å². The molecule has 8 aromatic rings. The van der Waals surface area contributed by atoms with Gasteiger partial charge in [0.05, 0.1) is 32.2 Å². The Morgan fingerprint density at radius 2 is 0.433 bits per heavy atom. The topological polar surface area (TPSA) is 345 Å². The van der Waals surface area contributed by atoms with E-state index >= 15 is 28.8 Å². The van der Waals surface area contributed by atoms with E-state index in [4.69, 9.17) is 22.9 Å². The normalized spacial score (nSPS) is 11.1. The molecule has 0 aromatic heterocycles. The van der Waals surface area contributed by atoms with Gasteiger partial charge < -0.3 is 76.8 Å². The molecule has 0 aliphatic rings. The molecule has 27 heteroatoms. The van der Waals surface area contributed by atoms with Gasteiger partial charge >= 0.3 is 0 Å². The molecule has 0 saturated heterocycles. The Morgan fingerprint density at radius 3 is 0.667 bits per heavy atom. The van der Waals surface area contributed by atoms with Crippen molar-refractivity contribution in [3.8, 4) is 0 Å². The highest BCUT2D eigenvalue weighted by Gasteiger charge is 2.35. The van der Waals surface area contributed by atoms with Gasteiger partial charge in [-0.2, -0.15) is 0 Å². The van der Waals surface area contributed by atoms with Gasteiger partial charge in [-0.15, -0.1) is 0 Å². The summed E-state index contributed by atoms with van der Waals surface area (Å²) >= 11 is 0. The van der Waals surface area contributed by atoms with Crippen molar-refractivity contribution in [1.29, 1.82) is 0 Å². The van der Waals surface area contributed by atoms with E-state index < -0.39 is 136 Å². The molecular weight excluding hydrogens is 1520 g/mol. The van der Waals surface area contributed by atoms with E-state index in [-0.39, 0.29) is 97.5 Å². The summed E-state index contributed by atoms with van der Waals surface area (Å²) in [7, 11) is 0. The third-order valence-corrected chi connectivity index (χ3v) is 20.4. The second-order valence-corrected chi connectivity index (χ2v) is 29.8. The van der Waals surface area contributed by atoms with E-state index in [2.05, 4.69) is 0 Å². The fourth-order valence-corrected chi connectivity index (χ4v) is 13.7. The Hall–Kier alpha value is -12.7. The fourth-order valence-electron chi connectivity index (χ4n) is 13.7. The lowest BCUT2D eigenvalue weighted by Gasteiger charge is -2.35. The van der Waals surface area contributed by atoms with Crippen molar-refractivity contribution in [1.82, 2.24) is 53.9 Å². The van der Waals surface area contributed by atoms with E-state index in [1.807, 2.05) is 84.9 Å². The third kappa shape index (κ3) is 31.6. The molecule has 27 nitrogen and oxygen atoms in total. The average Bonchev–Trinajstić information content (AvgIpc) is 0.827. The Morgan fingerprint density at radius 1 is 0.242 bits per heavy atom. The van der Waals surface area contributed by atoms with Gasteiger partial charge in [-0.1, -0.05) is 243 Å². The highest BCUT2D eigenvalue weighted by Crippen LogP contribution is 2.23. The molecule has 634 valence electrons. The van der Waals surface area contributed by atoms with Crippen molar-refractivity contribution in [2.45, 2.75) is 104 Å². The fraction of sp³-hybridized carbons (Fsp3) is 0.355. The van der Waals surface area contributed by atoms with Crippen molar-refractivity contribution in [2.24, 2.45) is 22.9 Å². The largest absolute Gasteiger partial charge is 0.368 e. The molecule has 12 amide bonds. The summed E-state index contributed by atoms with van der Waals surface area (Å²) in [6.45, 7) is -1.91. The first-order chi connectivity index (χ1) is 58.1. The average molecular weight is 1640 g/mol. The quantitative estimate of drug-likeness (QED) is 0.0279. The molecule has 0 aliphatic heterocycles. The number of benzene rings is 8. The maximum atomic E-state index is 15.6. The van der Waals surface area contributed by atoms with Gasteiger partial charge in [-0.25, -0.2) is 0 Å². The lowest BCUT2D eigenvalue weighted by molar-refractivity contribution is -0.150. The predicted molar refractivity (Wildman–Crippen MR) is 459 cm³/mol. The van der Waals surface area contributed by atoms with Gasteiger partial charge in [0.15, 0.2) is 0 Å². The Bertz CT molecular complexity index is 4550. The zero-order valence-corrected chi connectivity index (χ0v) is 69.0. The van der Waals surface area contributed by atoms with E-state index in [1.165, 1.54) is 60.8 Å². The number of primary amides is 1. The van der Waals surface area contributed by atoms with E-state index in [0.29, 0.717) is 66.3 Å². The number of hydrogen-bond acceptors (Lipinski definition) is 15. The Kier molecular flexibility index (Phi) is 38.8. The third-order valence-electron chi connectivity index (χ3n) is 20.4. The zero-order valence-electron chi connectivity index (χ0n) is 69.0. The van der Waals surface area contributed by atoms with Crippen LogP contribution in [0.15, 0.2) is 243 Å². The lowest BCUT2D eigenvalue weighted by Crippen LogP contribution is -2.53. The van der Waals surface area contributed by atoms with Crippen LogP contribution in [0.5, 0.6) is 0 Å². The van der Waals surface area contributed by atoms with Crippen LogP contribution in [0.25, 0.3) is 0 Å². The molecule has 120 heavy (non-hydrogen) atoms. The molecular formula is C93H115N15O12. The van der Waals surface area contributed by atoms with Crippen LogP contribution in [-0.2, 0) is 103 Å². The van der Waals surface area contributed by atoms with E-state index in [1.54, 1.807) is 165 Å². The summed E-state index contributed by atoms with van der Waals surface area (Å²) in [5.74, 6) is -7.22. The van der Waals surface area contributed by atoms with E-state index in [9.17, 15) is 28.8 Å².